The van der Waals surface area contributed by atoms with Crippen molar-refractivity contribution in [1.82, 2.24) is 5.32 Å². The normalized spacial score (nSPS) is 9.93. The van der Waals surface area contributed by atoms with Gasteiger partial charge in [-0.25, -0.2) is 4.79 Å². The van der Waals surface area contributed by atoms with Crippen LogP contribution in [0.15, 0.2) is 73.5 Å². The highest BCUT2D eigenvalue weighted by Crippen LogP contribution is 2.22. The molecule has 1 rings (SSSR count). The van der Waals surface area contributed by atoms with E-state index < -0.39 is 0 Å². The molecule has 168 valence electrons. The minimum Gasteiger partial charge on any atom is -0.308 e. The SMILES string of the molecule is C=C/C=C\C=C(/C=C)NC(=O)Nc1cccc(/C=C\C)c1CC.CC.CC.CCF. The Kier molecular flexibility index (Phi) is 25.6. The lowest BCUT2D eigenvalue weighted by molar-refractivity contribution is 0.254. The summed E-state index contributed by atoms with van der Waals surface area (Å²) in [5, 5.41) is 5.66. The van der Waals surface area contributed by atoms with Crippen LogP contribution in [0.4, 0.5) is 14.9 Å². The summed E-state index contributed by atoms with van der Waals surface area (Å²) in [5.41, 5.74) is 3.64. The van der Waals surface area contributed by atoms with Crippen molar-refractivity contribution in [1.29, 1.82) is 0 Å². The highest BCUT2D eigenvalue weighted by Gasteiger charge is 2.08. The lowest BCUT2D eigenvalue weighted by atomic mass is 10.0. The summed E-state index contributed by atoms with van der Waals surface area (Å²) in [5.74, 6) is 0. The lowest BCUT2D eigenvalue weighted by Crippen LogP contribution is -2.27. The number of anilines is 1. The van der Waals surface area contributed by atoms with Crippen LogP contribution in [0.3, 0.4) is 0 Å². The molecule has 0 aliphatic heterocycles. The van der Waals surface area contributed by atoms with Gasteiger partial charge in [0.25, 0.3) is 0 Å². The Bertz CT molecular complexity index is 674. The topological polar surface area (TPSA) is 41.1 Å². The van der Waals surface area contributed by atoms with E-state index >= 15 is 0 Å². The largest absolute Gasteiger partial charge is 0.323 e. The number of rotatable bonds is 7. The van der Waals surface area contributed by atoms with Gasteiger partial charge in [-0.05, 0) is 49.6 Å². The predicted octanol–water partition coefficient (Wildman–Crippen LogP) is 8.24. The van der Waals surface area contributed by atoms with Crippen LogP contribution in [-0.4, -0.2) is 12.7 Å². The van der Waals surface area contributed by atoms with E-state index in [9.17, 15) is 9.18 Å². The second-order valence-electron chi connectivity index (χ2n) is 5.02. The minimum atomic E-state index is -0.296. The van der Waals surface area contributed by atoms with E-state index in [4.69, 9.17) is 0 Å². The maximum Gasteiger partial charge on any atom is 0.323 e. The molecule has 30 heavy (non-hydrogen) atoms. The fourth-order valence-electron chi connectivity index (χ4n) is 2.14. The Morgan fingerprint density at radius 2 is 1.70 bits per heavy atom. The van der Waals surface area contributed by atoms with Gasteiger partial charge in [0.1, 0.15) is 0 Å². The van der Waals surface area contributed by atoms with Gasteiger partial charge in [-0.1, -0.05) is 90.3 Å². The van der Waals surface area contributed by atoms with Gasteiger partial charge in [-0.15, -0.1) is 0 Å². The van der Waals surface area contributed by atoms with Crippen molar-refractivity contribution < 1.29 is 9.18 Å². The van der Waals surface area contributed by atoms with Gasteiger partial charge in [0.05, 0.1) is 6.67 Å². The molecule has 0 atom stereocenters. The third-order valence-electron chi connectivity index (χ3n) is 3.16. The van der Waals surface area contributed by atoms with Gasteiger partial charge in [-0.3, -0.25) is 4.39 Å². The van der Waals surface area contributed by atoms with Crippen LogP contribution in [0, 0.1) is 0 Å². The first-order valence-electron chi connectivity index (χ1n) is 10.6. The zero-order valence-electron chi connectivity index (χ0n) is 19.9. The average Bonchev–Trinajstić information content (AvgIpc) is 2.77. The van der Waals surface area contributed by atoms with Crippen LogP contribution in [0.25, 0.3) is 6.08 Å². The second kappa shape index (κ2) is 24.2. The van der Waals surface area contributed by atoms with Crippen LogP contribution in [-0.2, 0) is 6.42 Å². The van der Waals surface area contributed by atoms with Crippen LogP contribution in [0.1, 0.15) is 59.6 Å². The van der Waals surface area contributed by atoms with E-state index in [2.05, 4.69) is 30.7 Å². The number of benzene rings is 1. The minimum absolute atomic E-state index is 0.250. The van der Waals surface area contributed by atoms with Crippen molar-refractivity contribution in [3.63, 3.8) is 0 Å². The fraction of sp³-hybridized carbons (Fsp3) is 0.346. The summed E-state index contributed by atoms with van der Waals surface area (Å²) < 4.78 is 10.3. The number of allylic oxidation sites excluding steroid dienone is 6. The van der Waals surface area contributed by atoms with E-state index in [0.717, 1.165) is 23.2 Å². The standard InChI is InChI=1S/C20H24N2O.C2H5F.2C2H6/c1-5-9-10-14-17(7-3)21-20(23)22-19-15-11-13-16(12-6-2)18(19)8-4;1-2-3;2*1-2/h5-7,9-15H,1,3,8H2,2,4H3,(H2,21,22,23);2H2,1H3;2*1-2H3/b10-9-,12-6-,17-14+;;;. The quantitative estimate of drug-likeness (QED) is 0.432. The highest BCUT2D eigenvalue weighted by atomic mass is 19.1. The molecule has 0 spiro atoms. The number of amides is 2. The van der Waals surface area contributed by atoms with Crippen molar-refractivity contribution >= 4 is 17.8 Å². The average molecular weight is 417 g/mol. The molecule has 1 aromatic carbocycles. The van der Waals surface area contributed by atoms with Gasteiger partial charge >= 0.3 is 6.03 Å². The van der Waals surface area contributed by atoms with Gasteiger partial charge < -0.3 is 10.6 Å². The lowest BCUT2D eigenvalue weighted by Gasteiger charge is -2.13. The fourth-order valence-corrected chi connectivity index (χ4v) is 2.14. The number of halogens is 1. The third kappa shape index (κ3) is 15.1. The molecule has 0 bridgehead atoms. The molecular formula is C26H41FN2O. The van der Waals surface area contributed by atoms with E-state index in [1.807, 2.05) is 65.0 Å². The summed E-state index contributed by atoms with van der Waals surface area (Å²) >= 11 is 0. The Hall–Kier alpha value is -2.88. The van der Waals surface area contributed by atoms with Crippen molar-refractivity contribution in [2.24, 2.45) is 0 Å². The van der Waals surface area contributed by atoms with E-state index in [1.54, 1.807) is 30.4 Å². The van der Waals surface area contributed by atoms with Crippen molar-refractivity contribution in [3.05, 3.63) is 84.6 Å². The number of hydrogen-bond donors (Lipinski definition) is 2. The highest BCUT2D eigenvalue weighted by molar-refractivity contribution is 5.92. The summed E-state index contributed by atoms with van der Waals surface area (Å²) in [7, 11) is 0. The predicted molar refractivity (Wildman–Crippen MR) is 135 cm³/mol. The molecule has 0 unspecified atom stereocenters. The maximum atomic E-state index is 12.2. The first-order valence-corrected chi connectivity index (χ1v) is 10.6. The number of alkyl halides is 1. The third-order valence-corrected chi connectivity index (χ3v) is 3.16. The first kappa shape index (κ1) is 31.8. The second-order valence-corrected chi connectivity index (χ2v) is 5.02. The molecule has 3 nitrogen and oxygen atoms in total. The number of carbonyl (C=O) groups is 1. The van der Waals surface area contributed by atoms with Crippen molar-refractivity contribution in [2.45, 2.75) is 54.9 Å². The molecule has 0 aliphatic rings. The number of nitrogens with one attached hydrogen (secondary N) is 2. The Morgan fingerprint density at radius 1 is 1.10 bits per heavy atom. The van der Waals surface area contributed by atoms with Gasteiger partial charge in [0, 0.05) is 11.4 Å². The van der Waals surface area contributed by atoms with E-state index in [1.165, 1.54) is 6.92 Å². The summed E-state index contributed by atoms with van der Waals surface area (Å²) in [6.45, 7) is 20.5. The molecule has 0 saturated heterocycles. The molecule has 2 N–H and O–H groups in total. The Balaban J connectivity index is -0.000000926. The van der Waals surface area contributed by atoms with Crippen LogP contribution < -0.4 is 10.6 Å². The van der Waals surface area contributed by atoms with Gasteiger partial charge in [0.15, 0.2) is 0 Å². The molecule has 0 radical (unpaired) electrons. The van der Waals surface area contributed by atoms with E-state index in [0.29, 0.717) is 5.70 Å². The van der Waals surface area contributed by atoms with E-state index in [-0.39, 0.29) is 12.7 Å². The monoisotopic (exact) mass is 416 g/mol. The molecule has 1 aromatic rings. The summed E-state index contributed by atoms with van der Waals surface area (Å²) in [6.07, 6.45) is 13.4. The molecular weight excluding hydrogens is 375 g/mol. The van der Waals surface area contributed by atoms with Crippen molar-refractivity contribution in [3.8, 4) is 0 Å². The van der Waals surface area contributed by atoms with Crippen molar-refractivity contribution in [2.75, 3.05) is 12.0 Å². The maximum absolute atomic E-state index is 12.2. The molecule has 0 aliphatic carbocycles. The van der Waals surface area contributed by atoms with Gasteiger partial charge in [0.2, 0.25) is 0 Å². The zero-order chi connectivity index (χ0) is 23.8. The zero-order valence-corrected chi connectivity index (χ0v) is 19.9. The number of carbonyl (C=O) groups excluding carboxylic acids is 1. The molecule has 0 aromatic heterocycles. The van der Waals surface area contributed by atoms with Crippen LogP contribution in [0.5, 0.6) is 0 Å². The molecule has 0 saturated carbocycles. The van der Waals surface area contributed by atoms with Gasteiger partial charge in [-0.2, -0.15) is 0 Å². The molecule has 4 heteroatoms. The Morgan fingerprint density at radius 3 is 2.17 bits per heavy atom. The first-order chi connectivity index (χ1) is 14.6. The number of hydrogen-bond acceptors (Lipinski definition) is 1. The summed E-state index contributed by atoms with van der Waals surface area (Å²) in [6, 6.07) is 5.58. The molecule has 0 heterocycles. The Labute approximate surface area is 184 Å². The molecule has 2 amide bonds. The smallest absolute Gasteiger partial charge is 0.308 e. The van der Waals surface area contributed by atoms with Crippen LogP contribution in [0.2, 0.25) is 0 Å². The summed E-state index contributed by atoms with van der Waals surface area (Å²) in [4.78, 5) is 12.2. The van der Waals surface area contributed by atoms with Crippen LogP contribution >= 0.6 is 0 Å². The number of urea groups is 1. The molecule has 0 fully saturated rings.